The van der Waals surface area contributed by atoms with E-state index in [0.717, 1.165) is 0 Å². The molecule has 1 unspecified atom stereocenters. The molecule has 1 aromatic carbocycles. The van der Waals surface area contributed by atoms with E-state index in [4.69, 9.17) is 22.2 Å². The van der Waals surface area contributed by atoms with Crippen LogP contribution in [0.4, 0.5) is 4.39 Å². The van der Waals surface area contributed by atoms with E-state index in [1.807, 2.05) is 13.8 Å². The molecule has 3 N–H and O–H groups in total. The number of hydrogen-bond acceptors (Lipinski definition) is 3. The Labute approximate surface area is 99.7 Å². The van der Waals surface area contributed by atoms with E-state index in [9.17, 15) is 4.39 Å². The average molecular weight is 247 g/mol. The van der Waals surface area contributed by atoms with E-state index in [2.05, 4.69) is 5.43 Å². The zero-order valence-corrected chi connectivity index (χ0v) is 10.3. The van der Waals surface area contributed by atoms with Gasteiger partial charge < -0.3 is 4.74 Å². The molecule has 0 radical (unpaired) electrons. The number of methoxy groups -OCH3 is 1. The third kappa shape index (κ3) is 2.71. The summed E-state index contributed by atoms with van der Waals surface area (Å²) in [6, 6.07) is 3.77. The third-order valence-corrected chi connectivity index (χ3v) is 3.00. The van der Waals surface area contributed by atoms with Crippen LogP contribution in [0.5, 0.6) is 0 Å². The van der Waals surface area contributed by atoms with Gasteiger partial charge in [0.2, 0.25) is 0 Å². The first-order chi connectivity index (χ1) is 7.42. The molecule has 0 amide bonds. The Morgan fingerprint density at radius 3 is 2.62 bits per heavy atom. The Kier molecular flexibility index (Phi) is 4.27. The van der Waals surface area contributed by atoms with Crippen molar-refractivity contribution >= 4 is 11.6 Å². The zero-order valence-electron chi connectivity index (χ0n) is 9.55. The molecule has 0 saturated carbocycles. The molecule has 0 bridgehead atoms. The van der Waals surface area contributed by atoms with E-state index in [1.54, 1.807) is 7.11 Å². The highest BCUT2D eigenvalue weighted by molar-refractivity contribution is 6.31. The monoisotopic (exact) mass is 246 g/mol. The number of benzene rings is 1. The fourth-order valence-electron chi connectivity index (χ4n) is 1.52. The summed E-state index contributed by atoms with van der Waals surface area (Å²) in [6.45, 7) is 3.69. The third-order valence-electron chi connectivity index (χ3n) is 2.66. The maximum Gasteiger partial charge on any atom is 0.123 e. The Bertz CT molecular complexity index is 371. The average Bonchev–Trinajstić information content (AvgIpc) is 2.24. The number of hydrazine groups is 1. The molecular weight excluding hydrogens is 231 g/mol. The van der Waals surface area contributed by atoms with Crippen LogP contribution in [0.25, 0.3) is 0 Å². The first-order valence-corrected chi connectivity index (χ1v) is 5.26. The smallest absolute Gasteiger partial charge is 0.123 e. The molecule has 0 aliphatic rings. The number of halogens is 2. The van der Waals surface area contributed by atoms with Crippen molar-refractivity contribution in [3.8, 4) is 0 Å². The van der Waals surface area contributed by atoms with Gasteiger partial charge in [-0.1, -0.05) is 11.6 Å². The summed E-state index contributed by atoms with van der Waals surface area (Å²) >= 11 is 6.01. The summed E-state index contributed by atoms with van der Waals surface area (Å²) in [5, 5.41) is 0.453. The van der Waals surface area contributed by atoms with Gasteiger partial charge in [0.25, 0.3) is 0 Å². The molecule has 0 aliphatic heterocycles. The Balaban J connectivity index is 3.18. The van der Waals surface area contributed by atoms with Crippen molar-refractivity contribution in [2.24, 2.45) is 5.84 Å². The van der Waals surface area contributed by atoms with E-state index >= 15 is 0 Å². The minimum absolute atomic E-state index is 0.355. The van der Waals surface area contributed by atoms with Gasteiger partial charge in [-0.3, -0.25) is 11.3 Å². The second kappa shape index (κ2) is 5.10. The van der Waals surface area contributed by atoms with Crippen molar-refractivity contribution < 1.29 is 9.13 Å². The molecule has 0 heterocycles. The molecule has 0 fully saturated rings. The number of nitrogens with two attached hydrogens (primary N) is 1. The van der Waals surface area contributed by atoms with Gasteiger partial charge in [-0.15, -0.1) is 0 Å². The van der Waals surface area contributed by atoms with Crippen molar-refractivity contribution in [2.75, 3.05) is 7.11 Å². The summed E-state index contributed by atoms with van der Waals surface area (Å²) in [6.07, 6.45) is 0. The first kappa shape index (κ1) is 13.4. The topological polar surface area (TPSA) is 47.3 Å². The van der Waals surface area contributed by atoms with Crippen LogP contribution in [0.3, 0.4) is 0 Å². The SMILES string of the molecule is COC(C)(C)C(NN)c1cc(F)ccc1Cl. The number of rotatable bonds is 4. The predicted octanol–water partition coefficient (Wildman–Crippen LogP) is 2.41. The van der Waals surface area contributed by atoms with Gasteiger partial charge in [-0.05, 0) is 37.6 Å². The minimum Gasteiger partial charge on any atom is -0.377 e. The van der Waals surface area contributed by atoms with Crippen LogP contribution in [-0.4, -0.2) is 12.7 Å². The highest BCUT2D eigenvalue weighted by Gasteiger charge is 2.31. The van der Waals surface area contributed by atoms with Crippen LogP contribution in [0, 0.1) is 5.82 Å². The molecule has 0 saturated heterocycles. The number of hydrogen-bond donors (Lipinski definition) is 2. The summed E-state index contributed by atoms with van der Waals surface area (Å²) in [5.41, 5.74) is 2.59. The van der Waals surface area contributed by atoms with E-state index in [0.29, 0.717) is 10.6 Å². The van der Waals surface area contributed by atoms with E-state index < -0.39 is 5.60 Å². The molecule has 90 valence electrons. The molecule has 16 heavy (non-hydrogen) atoms. The molecule has 1 atom stereocenters. The maximum atomic E-state index is 13.2. The van der Waals surface area contributed by atoms with Gasteiger partial charge in [0.05, 0.1) is 11.6 Å². The van der Waals surface area contributed by atoms with Crippen LogP contribution in [-0.2, 0) is 4.74 Å². The molecule has 1 aromatic rings. The Morgan fingerprint density at radius 1 is 1.50 bits per heavy atom. The Hall–Kier alpha value is -0.680. The van der Waals surface area contributed by atoms with Gasteiger partial charge in [0, 0.05) is 12.1 Å². The number of ether oxygens (including phenoxy) is 1. The molecular formula is C11H16ClFN2O. The van der Waals surface area contributed by atoms with Crippen molar-refractivity contribution in [1.29, 1.82) is 0 Å². The highest BCUT2D eigenvalue weighted by atomic mass is 35.5. The van der Waals surface area contributed by atoms with Crippen LogP contribution in [0.15, 0.2) is 18.2 Å². The van der Waals surface area contributed by atoms with Crippen LogP contribution in [0.1, 0.15) is 25.5 Å². The molecule has 0 aromatic heterocycles. The predicted molar refractivity (Wildman–Crippen MR) is 62.6 cm³/mol. The molecule has 1 rings (SSSR count). The summed E-state index contributed by atoms with van der Waals surface area (Å²) in [5.74, 6) is 5.12. The lowest BCUT2D eigenvalue weighted by molar-refractivity contribution is -0.0112. The van der Waals surface area contributed by atoms with Gasteiger partial charge in [0.1, 0.15) is 5.82 Å². The van der Waals surface area contributed by atoms with Crippen molar-refractivity contribution in [1.82, 2.24) is 5.43 Å². The highest BCUT2D eigenvalue weighted by Crippen LogP contribution is 2.32. The van der Waals surface area contributed by atoms with Gasteiger partial charge >= 0.3 is 0 Å². The standard InChI is InChI=1S/C11H16ClFN2O/c1-11(2,16-3)10(15-14)8-6-7(13)4-5-9(8)12/h4-6,10,15H,14H2,1-3H3. The van der Waals surface area contributed by atoms with Crippen molar-refractivity contribution in [3.63, 3.8) is 0 Å². The molecule has 0 spiro atoms. The van der Waals surface area contributed by atoms with Crippen LogP contribution >= 0.6 is 11.6 Å². The van der Waals surface area contributed by atoms with E-state index in [1.165, 1.54) is 18.2 Å². The van der Waals surface area contributed by atoms with Gasteiger partial charge in [0.15, 0.2) is 0 Å². The number of nitrogens with one attached hydrogen (secondary N) is 1. The second-order valence-corrected chi connectivity index (χ2v) is 4.48. The minimum atomic E-state index is -0.591. The summed E-state index contributed by atoms with van der Waals surface area (Å²) in [7, 11) is 1.57. The summed E-state index contributed by atoms with van der Waals surface area (Å²) < 4.78 is 18.5. The lowest BCUT2D eigenvalue weighted by Crippen LogP contribution is -2.44. The van der Waals surface area contributed by atoms with Crippen molar-refractivity contribution in [2.45, 2.75) is 25.5 Å². The molecule has 3 nitrogen and oxygen atoms in total. The lowest BCUT2D eigenvalue weighted by Gasteiger charge is -2.33. The first-order valence-electron chi connectivity index (χ1n) is 4.88. The Morgan fingerprint density at radius 2 is 2.12 bits per heavy atom. The fourth-order valence-corrected chi connectivity index (χ4v) is 1.75. The largest absolute Gasteiger partial charge is 0.377 e. The van der Waals surface area contributed by atoms with Gasteiger partial charge in [-0.2, -0.15) is 0 Å². The van der Waals surface area contributed by atoms with Gasteiger partial charge in [-0.25, -0.2) is 4.39 Å². The molecule has 5 heteroatoms. The lowest BCUT2D eigenvalue weighted by atomic mass is 9.92. The van der Waals surface area contributed by atoms with Crippen molar-refractivity contribution in [3.05, 3.63) is 34.6 Å². The second-order valence-electron chi connectivity index (χ2n) is 4.07. The fraction of sp³-hybridized carbons (Fsp3) is 0.455. The quantitative estimate of drug-likeness (QED) is 0.634. The van der Waals surface area contributed by atoms with Crippen LogP contribution < -0.4 is 11.3 Å². The van der Waals surface area contributed by atoms with Crippen LogP contribution in [0.2, 0.25) is 5.02 Å². The van der Waals surface area contributed by atoms with E-state index in [-0.39, 0.29) is 11.9 Å². The maximum absolute atomic E-state index is 13.2. The molecule has 0 aliphatic carbocycles. The normalized spacial score (nSPS) is 13.9. The zero-order chi connectivity index (χ0) is 12.3. The summed E-state index contributed by atoms with van der Waals surface area (Å²) in [4.78, 5) is 0.